The predicted octanol–water partition coefficient (Wildman–Crippen LogP) is 1.78. The Morgan fingerprint density at radius 1 is 1.33 bits per heavy atom. The second-order valence-electron chi connectivity index (χ2n) is 5.06. The third-order valence-electron chi connectivity index (χ3n) is 3.20. The lowest BCUT2D eigenvalue weighted by molar-refractivity contribution is -0.127. The fourth-order valence-corrected chi connectivity index (χ4v) is 3.78. The molecule has 1 aromatic carbocycles. The lowest BCUT2D eigenvalue weighted by Gasteiger charge is -2.17. The quantitative estimate of drug-likeness (QED) is 0.668. The molecular formula is C14H15N7OS2. The summed E-state index contributed by atoms with van der Waals surface area (Å²) in [6.45, 7) is 2.41. The van der Waals surface area contributed by atoms with E-state index in [0.29, 0.717) is 18.1 Å². The Kier molecular flexibility index (Phi) is 5.16. The molecule has 8 nitrogen and oxygen atoms in total. The lowest BCUT2D eigenvalue weighted by atomic mass is 10.1. The van der Waals surface area contributed by atoms with Crippen LogP contribution in [0.15, 0.2) is 28.6 Å². The normalized spacial score (nSPS) is 10.8. The molecule has 2 aromatic heterocycles. The van der Waals surface area contributed by atoms with Crippen molar-refractivity contribution in [2.24, 2.45) is 0 Å². The maximum atomic E-state index is 12.3. The van der Waals surface area contributed by atoms with Crippen molar-refractivity contribution in [3.05, 3.63) is 34.8 Å². The van der Waals surface area contributed by atoms with Crippen molar-refractivity contribution in [3.8, 4) is 11.4 Å². The van der Waals surface area contributed by atoms with Crippen molar-refractivity contribution >= 4 is 29.0 Å². The summed E-state index contributed by atoms with van der Waals surface area (Å²) in [4.78, 5) is 14.0. The van der Waals surface area contributed by atoms with Crippen molar-refractivity contribution < 1.29 is 4.79 Å². The maximum absolute atomic E-state index is 12.3. The van der Waals surface area contributed by atoms with Gasteiger partial charge in [0.15, 0.2) is 4.34 Å². The first-order valence-electron chi connectivity index (χ1n) is 7.11. The Hall–Kier alpha value is -2.33. The van der Waals surface area contributed by atoms with Gasteiger partial charge in [-0.3, -0.25) is 4.79 Å². The molecule has 0 saturated carbocycles. The van der Waals surface area contributed by atoms with E-state index in [9.17, 15) is 4.79 Å². The van der Waals surface area contributed by atoms with Gasteiger partial charge >= 0.3 is 0 Å². The van der Waals surface area contributed by atoms with Gasteiger partial charge in [0.05, 0.1) is 5.75 Å². The zero-order chi connectivity index (χ0) is 16.9. The summed E-state index contributed by atoms with van der Waals surface area (Å²) in [6, 6.07) is 7.74. The molecule has 0 saturated heterocycles. The molecule has 0 aliphatic rings. The van der Waals surface area contributed by atoms with Gasteiger partial charge in [0.25, 0.3) is 0 Å². The number of tetrazole rings is 1. The van der Waals surface area contributed by atoms with Gasteiger partial charge in [0.1, 0.15) is 5.01 Å². The Bertz CT molecular complexity index is 818. The van der Waals surface area contributed by atoms with Crippen molar-refractivity contribution in [1.29, 1.82) is 0 Å². The summed E-state index contributed by atoms with van der Waals surface area (Å²) in [5.74, 6) is 0.918. The predicted molar refractivity (Wildman–Crippen MR) is 91.5 cm³/mol. The highest BCUT2D eigenvalue weighted by atomic mass is 32.2. The number of thioether (sulfide) groups is 1. The standard InChI is InChI=1S/C14H15N7OS2/c1-9-15-18-14(24-9)23-8-12(22)21(2)7-10-4-3-5-11(6-10)13-16-19-20-17-13/h3-6H,7-8H2,1-2H3,(H,16,17,19,20). The first-order chi connectivity index (χ1) is 11.6. The zero-order valence-corrected chi connectivity index (χ0v) is 14.8. The molecule has 0 unspecified atom stereocenters. The van der Waals surface area contributed by atoms with Crippen LogP contribution in [-0.4, -0.2) is 54.4 Å². The SMILES string of the molecule is Cc1nnc(SCC(=O)N(C)Cc2cccc(-c3nn[nH]n3)c2)s1. The number of hydrogen-bond acceptors (Lipinski definition) is 8. The first-order valence-corrected chi connectivity index (χ1v) is 8.91. The third kappa shape index (κ3) is 4.15. The molecule has 1 amide bonds. The van der Waals surface area contributed by atoms with Crippen LogP contribution in [0.25, 0.3) is 11.4 Å². The van der Waals surface area contributed by atoms with Crippen molar-refractivity contribution in [3.63, 3.8) is 0 Å². The molecule has 0 radical (unpaired) electrons. The Labute approximate surface area is 146 Å². The van der Waals surface area contributed by atoms with Crippen LogP contribution in [-0.2, 0) is 11.3 Å². The number of aromatic nitrogens is 6. The molecule has 2 heterocycles. The largest absolute Gasteiger partial charge is 0.341 e. The van der Waals surface area contributed by atoms with E-state index in [1.54, 1.807) is 11.9 Å². The molecule has 3 rings (SSSR count). The van der Waals surface area contributed by atoms with Crippen LogP contribution in [0.3, 0.4) is 0 Å². The molecule has 0 atom stereocenters. The number of amides is 1. The topological polar surface area (TPSA) is 101 Å². The van der Waals surface area contributed by atoms with Gasteiger partial charge in [-0.2, -0.15) is 5.21 Å². The van der Waals surface area contributed by atoms with Gasteiger partial charge in [-0.25, -0.2) is 0 Å². The van der Waals surface area contributed by atoms with E-state index in [-0.39, 0.29) is 5.91 Å². The van der Waals surface area contributed by atoms with Crippen LogP contribution >= 0.6 is 23.1 Å². The van der Waals surface area contributed by atoms with Crippen molar-refractivity contribution in [2.45, 2.75) is 17.8 Å². The third-order valence-corrected chi connectivity index (χ3v) is 5.16. The van der Waals surface area contributed by atoms with E-state index in [4.69, 9.17) is 0 Å². The summed E-state index contributed by atoms with van der Waals surface area (Å²) in [5.41, 5.74) is 1.87. The van der Waals surface area contributed by atoms with Gasteiger partial charge in [0.2, 0.25) is 11.7 Å². The van der Waals surface area contributed by atoms with Crippen LogP contribution in [0.4, 0.5) is 0 Å². The van der Waals surface area contributed by atoms with E-state index in [1.807, 2.05) is 31.2 Å². The number of benzene rings is 1. The van der Waals surface area contributed by atoms with Crippen LogP contribution in [0.2, 0.25) is 0 Å². The van der Waals surface area contributed by atoms with Crippen LogP contribution < -0.4 is 0 Å². The number of rotatable bonds is 6. The average Bonchev–Trinajstić information content (AvgIpc) is 3.24. The Morgan fingerprint density at radius 3 is 2.92 bits per heavy atom. The highest BCUT2D eigenvalue weighted by Crippen LogP contribution is 2.22. The number of nitrogens with one attached hydrogen (secondary N) is 1. The molecular weight excluding hydrogens is 346 g/mol. The van der Waals surface area contributed by atoms with E-state index in [1.165, 1.54) is 23.1 Å². The fraction of sp³-hybridized carbons (Fsp3) is 0.286. The van der Waals surface area contributed by atoms with Crippen LogP contribution in [0.5, 0.6) is 0 Å². The minimum Gasteiger partial charge on any atom is -0.341 e. The zero-order valence-electron chi connectivity index (χ0n) is 13.1. The van der Waals surface area contributed by atoms with Crippen LogP contribution in [0, 0.1) is 6.92 Å². The lowest BCUT2D eigenvalue weighted by Crippen LogP contribution is -2.27. The van der Waals surface area contributed by atoms with E-state index < -0.39 is 0 Å². The molecule has 0 aliphatic carbocycles. The number of aromatic amines is 1. The molecule has 24 heavy (non-hydrogen) atoms. The van der Waals surface area contributed by atoms with E-state index in [2.05, 4.69) is 30.8 Å². The van der Waals surface area contributed by atoms with Gasteiger partial charge in [-0.1, -0.05) is 41.3 Å². The Morgan fingerprint density at radius 2 is 2.21 bits per heavy atom. The second kappa shape index (κ2) is 7.49. The molecule has 0 spiro atoms. The highest BCUT2D eigenvalue weighted by molar-refractivity contribution is 8.01. The molecule has 124 valence electrons. The van der Waals surface area contributed by atoms with Gasteiger partial charge in [0, 0.05) is 19.2 Å². The minimum atomic E-state index is 0.0396. The molecule has 0 fully saturated rings. The molecule has 0 bridgehead atoms. The summed E-state index contributed by atoms with van der Waals surface area (Å²) >= 11 is 2.90. The summed E-state index contributed by atoms with van der Waals surface area (Å²) < 4.78 is 0.813. The number of carbonyl (C=O) groups is 1. The maximum Gasteiger partial charge on any atom is 0.233 e. The van der Waals surface area contributed by atoms with E-state index in [0.717, 1.165) is 20.5 Å². The smallest absolute Gasteiger partial charge is 0.233 e. The number of hydrogen-bond donors (Lipinski definition) is 1. The van der Waals surface area contributed by atoms with Gasteiger partial charge < -0.3 is 4.90 Å². The first kappa shape index (κ1) is 16.5. The molecule has 3 aromatic rings. The summed E-state index contributed by atoms with van der Waals surface area (Å²) in [6.07, 6.45) is 0. The molecule has 1 N–H and O–H groups in total. The second-order valence-corrected chi connectivity index (χ2v) is 7.47. The number of carbonyl (C=O) groups excluding carboxylic acids is 1. The Balaban J connectivity index is 1.58. The number of aryl methyl sites for hydroxylation is 1. The summed E-state index contributed by atoms with van der Waals surface area (Å²) in [5, 5.41) is 22.8. The molecule has 10 heteroatoms. The highest BCUT2D eigenvalue weighted by Gasteiger charge is 2.12. The molecule has 0 aliphatic heterocycles. The van der Waals surface area contributed by atoms with Crippen molar-refractivity contribution in [2.75, 3.05) is 12.8 Å². The van der Waals surface area contributed by atoms with Gasteiger partial charge in [-0.15, -0.1) is 20.4 Å². The van der Waals surface area contributed by atoms with Crippen LogP contribution in [0.1, 0.15) is 10.6 Å². The number of H-pyrrole nitrogens is 1. The monoisotopic (exact) mass is 361 g/mol. The fourth-order valence-electron chi connectivity index (χ4n) is 2.03. The summed E-state index contributed by atoms with van der Waals surface area (Å²) in [7, 11) is 1.79. The average molecular weight is 361 g/mol. The van der Waals surface area contributed by atoms with Crippen molar-refractivity contribution in [1.82, 2.24) is 35.7 Å². The van der Waals surface area contributed by atoms with Gasteiger partial charge in [-0.05, 0) is 23.8 Å². The van der Waals surface area contributed by atoms with E-state index >= 15 is 0 Å². The number of nitrogens with zero attached hydrogens (tertiary/aromatic N) is 6. The minimum absolute atomic E-state index is 0.0396.